The van der Waals surface area contributed by atoms with Crippen LogP contribution in [0.5, 0.6) is 0 Å². The molecule has 3 N–H and O–H groups in total. The van der Waals surface area contributed by atoms with Crippen LogP contribution in [-0.4, -0.2) is 18.0 Å². The minimum Gasteiger partial charge on any atom is -0.370 e. The van der Waals surface area contributed by atoms with E-state index < -0.39 is 0 Å². The molecule has 0 amide bonds. The van der Waals surface area contributed by atoms with Crippen molar-refractivity contribution in [2.24, 2.45) is 34.4 Å². The van der Waals surface area contributed by atoms with E-state index in [1.165, 1.54) is 19.3 Å². The Labute approximate surface area is 91.5 Å². The molecule has 3 saturated carbocycles. The van der Waals surface area contributed by atoms with Crippen LogP contribution in [0.1, 0.15) is 33.1 Å². The van der Waals surface area contributed by atoms with Gasteiger partial charge in [-0.05, 0) is 56.8 Å². The lowest BCUT2D eigenvalue weighted by Crippen LogP contribution is -2.37. The van der Waals surface area contributed by atoms with Gasteiger partial charge in [0, 0.05) is 6.04 Å². The Morgan fingerprint density at radius 3 is 2.40 bits per heavy atom. The first-order valence-corrected chi connectivity index (χ1v) is 6.26. The molecule has 0 aromatic heterocycles. The molecular formula is C12H21N3. The molecule has 4 unspecified atom stereocenters. The van der Waals surface area contributed by atoms with Gasteiger partial charge < -0.3 is 11.1 Å². The van der Waals surface area contributed by atoms with Crippen molar-refractivity contribution in [2.75, 3.05) is 0 Å². The molecule has 4 atom stereocenters. The molecule has 0 aliphatic heterocycles. The van der Waals surface area contributed by atoms with E-state index in [0.717, 1.165) is 23.7 Å². The zero-order valence-electron chi connectivity index (χ0n) is 9.61. The Morgan fingerprint density at radius 1 is 1.27 bits per heavy atom. The second kappa shape index (κ2) is 3.13. The van der Waals surface area contributed by atoms with Gasteiger partial charge in [0.25, 0.3) is 0 Å². The number of nitrogens with two attached hydrogens (primary N) is 1. The van der Waals surface area contributed by atoms with E-state index in [4.69, 9.17) is 5.73 Å². The average molecular weight is 207 g/mol. The molecule has 84 valence electrons. The molecule has 0 aromatic rings. The number of nitrogens with one attached hydrogen (secondary N) is 1. The number of hydrogen-bond acceptors (Lipinski definition) is 1. The number of fused-ring (bicyclic) bond motifs is 5. The minimum absolute atomic E-state index is 0.393. The summed E-state index contributed by atoms with van der Waals surface area (Å²) >= 11 is 0. The topological polar surface area (TPSA) is 50.4 Å². The predicted molar refractivity (Wildman–Crippen MR) is 61.5 cm³/mol. The number of hydrogen-bond donors (Lipinski definition) is 2. The highest BCUT2D eigenvalue weighted by Crippen LogP contribution is 2.66. The Kier molecular flexibility index (Phi) is 1.98. The van der Waals surface area contributed by atoms with Gasteiger partial charge in [0.2, 0.25) is 0 Å². The largest absolute Gasteiger partial charge is 0.370 e. The van der Waals surface area contributed by atoms with Crippen molar-refractivity contribution in [3.05, 3.63) is 0 Å². The van der Waals surface area contributed by atoms with Gasteiger partial charge in [0.1, 0.15) is 0 Å². The maximum Gasteiger partial charge on any atom is 0.189 e. The van der Waals surface area contributed by atoms with Crippen molar-refractivity contribution in [1.82, 2.24) is 5.32 Å². The molecule has 0 spiro atoms. The Balaban J connectivity index is 1.63. The molecule has 3 fully saturated rings. The van der Waals surface area contributed by atoms with Crippen LogP contribution in [0.15, 0.2) is 4.99 Å². The van der Waals surface area contributed by atoms with Crippen LogP contribution in [0.25, 0.3) is 0 Å². The summed E-state index contributed by atoms with van der Waals surface area (Å²) in [5, 5.41) is 3.18. The van der Waals surface area contributed by atoms with Gasteiger partial charge in [0.05, 0.1) is 6.04 Å². The van der Waals surface area contributed by atoms with Crippen molar-refractivity contribution < 1.29 is 0 Å². The molecule has 0 radical (unpaired) electrons. The van der Waals surface area contributed by atoms with E-state index in [1.54, 1.807) is 0 Å². The molecular weight excluding hydrogens is 186 g/mol. The lowest BCUT2D eigenvalue weighted by molar-refractivity contribution is 0.456. The van der Waals surface area contributed by atoms with Crippen LogP contribution < -0.4 is 11.1 Å². The molecule has 3 aliphatic carbocycles. The van der Waals surface area contributed by atoms with Gasteiger partial charge in [-0.3, -0.25) is 0 Å². The summed E-state index contributed by atoms with van der Waals surface area (Å²) in [6.45, 7) is 4.19. The fourth-order valence-corrected chi connectivity index (χ4v) is 3.95. The standard InChI is InChI=1S/C12H21N3/c1-6(2)14-12(13)15-11-9-7-3-4-8(5-7)10(9)11/h6-11H,3-5H2,1-2H3,(H3,13,14,15). The van der Waals surface area contributed by atoms with E-state index >= 15 is 0 Å². The third kappa shape index (κ3) is 1.44. The smallest absolute Gasteiger partial charge is 0.189 e. The van der Waals surface area contributed by atoms with E-state index in [0.29, 0.717) is 18.0 Å². The lowest BCUT2D eigenvalue weighted by atomic mass is 10.0. The summed E-state index contributed by atoms with van der Waals surface area (Å²) in [4.78, 5) is 4.64. The SMILES string of the molecule is CC(C)NC(N)=NC1C2C3CCC(C3)C12. The average Bonchev–Trinajstić information content (AvgIpc) is 2.58. The summed E-state index contributed by atoms with van der Waals surface area (Å²) < 4.78 is 0. The molecule has 3 nitrogen and oxygen atoms in total. The second-order valence-corrected chi connectivity index (χ2v) is 5.79. The van der Waals surface area contributed by atoms with Crippen molar-refractivity contribution in [3.8, 4) is 0 Å². The highest BCUT2D eigenvalue weighted by Gasteiger charge is 2.65. The van der Waals surface area contributed by atoms with E-state index in [2.05, 4.69) is 24.2 Å². The van der Waals surface area contributed by atoms with Crippen LogP contribution >= 0.6 is 0 Å². The quantitative estimate of drug-likeness (QED) is 0.530. The summed E-state index contributed by atoms with van der Waals surface area (Å²) in [6.07, 6.45) is 4.39. The first kappa shape index (κ1) is 9.49. The Hall–Kier alpha value is -0.730. The molecule has 0 saturated heterocycles. The maximum atomic E-state index is 5.87. The van der Waals surface area contributed by atoms with Crippen LogP contribution in [-0.2, 0) is 0 Å². The van der Waals surface area contributed by atoms with Crippen molar-refractivity contribution in [3.63, 3.8) is 0 Å². The normalized spacial score (nSPS) is 47.1. The van der Waals surface area contributed by atoms with E-state index in [-0.39, 0.29) is 0 Å². The van der Waals surface area contributed by atoms with Crippen LogP contribution in [0, 0.1) is 23.7 Å². The van der Waals surface area contributed by atoms with Gasteiger partial charge in [-0.1, -0.05) is 0 Å². The van der Waals surface area contributed by atoms with Crippen molar-refractivity contribution in [2.45, 2.75) is 45.2 Å². The number of aliphatic imine (C=N–C) groups is 1. The summed E-state index contributed by atoms with van der Waals surface area (Å²) in [5.41, 5.74) is 5.87. The highest BCUT2D eigenvalue weighted by atomic mass is 15.1. The molecule has 3 heteroatoms. The molecule has 2 bridgehead atoms. The summed E-state index contributed by atoms with van der Waals surface area (Å²) in [7, 11) is 0. The predicted octanol–water partition coefficient (Wildman–Crippen LogP) is 1.34. The third-order valence-electron chi connectivity index (χ3n) is 4.42. The first-order chi connectivity index (χ1) is 7.16. The Bertz CT molecular complexity index is 281. The van der Waals surface area contributed by atoms with E-state index in [9.17, 15) is 0 Å². The first-order valence-electron chi connectivity index (χ1n) is 6.26. The van der Waals surface area contributed by atoms with Gasteiger partial charge >= 0.3 is 0 Å². The zero-order chi connectivity index (χ0) is 10.6. The van der Waals surface area contributed by atoms with Gasteiger partial charge in [-0.2, -0.15) is 0 Å². The maximum absolute atomic E-state index is 5.87. The van der Waals surface area contributed by atoms with Gasteiger partial charge in [-0.25, -0.2) is 4.99 Å². The minimum atomic E-state index is 0.393. The molecule has 0 aromatic carbocycles. The molecule has 3 rings (SSSR count). The van der Waals surface area contributed by atoms with Crippen LogP contribution in [0.4, 0.5) is 0 Å². The summed E-state index contributed by atoms with van der Waals surface area (Å²) in [6, 6.07) is 0.964. The fraction of sp³-hybridized carbons (Fsp3) is 0.917. The number of rotatable bonds is 2. The van der Waals surface area contributed by atoms with E-state index in [1.807, 2.05) is 0 Å². The van der Waals surface area contributed by atoms with Gasteiger partial charge in [0.15, 0.2) is 5.96 Å². The van der Waals surface area contributed by atoms with Crippen molar-refractivity contribution in [1.29, 1.82) is 0 Å². The molecule has 3 aliphatic rings. The number of guanidine groups is 1. The molecule has 15 heavy (non-hydrogen) atoms. The van der Waals surface area contributed by atoms with Gasteiger partial charge in [-0.15, -0.1) is 0 Å². The van der Waals surface area contributed by atoms with Crippen LogP contribution in [0.3, 0.4) is 0 Å². The number of nitrogens with zero attached hydrogens (tertiary/aromatic N) is 1. The monoisotopic (exact) mass is 207 g/mol. The fourth-order valence-electron chi connectivity index (χ4n) is 3.95. The van der Waals surface area contributed by atoms with Crippen LogP contribution in [0.2, 0.25) is 0 Å². The third-order valence-corrected chi connectivity index (χ3v) is 4.42. The Morgan fingerprint density at radius 2 is 1.87 bits per heavy atom. The lowest BCUT2D eigenvalue weighted by Gasteiger charge is -2.10. The summed E-state index contributed by atoms with van der Waals surface area (Å²) in [5.74, 6) is 4.43. The molecule has 0 heterocycles. The second-order valence-electron chi connectivity index (χ2n) is 5.79. The highest BCUT2D eigenvalue weighted by molar-refractivity contribution is 5.78. The zero-order valence-corrected chi connectivity index (χ0v) is 9.61. The van der Waals surface area contributed by atoms with Crippen molar-refractivity contribution >= 4 is 5.96 Å².